The van der Waals surface area contributed by atoms with Gasteiger partial charge in [-0.15, -0.1) is 0 Å². The molecule has 6 nitrogen and oxygen atoms in total. The smallest absolute Gasteiger partial charge is 0.326 e. The first-order valence-corrected chi connectivity index (χ1v) is 7.00. The highest BCUT2D eigenvalue weighted by molar-refractivity contribution is 5.94. The highest BCUT2D eigenvalue weighted by Crippen LogP contribution is 2.28. The molecule has 0 bridgehead atoms. The van der Waals surface area contributed by atoms with Gasteiger partial charge in [-0.1, -0.05) is 18.7 Å². The molecular formula is C17H21NO5. The Morgan fingerprint density at radius 3 is 2.65 bits per heavy atom. The van der Waals surface area contributed by atoms with E-state index in [1.807, 2.05) is 0 Å². The summed E-state index contributed by atoms with van der Waals surface area (Å²) in [4.78, 5) is 24.0. The zero-order chi connectivity index (χ0) is 17.4. The second kappa shape index (κ2) is 8.63. The lowest BCUT2D eigenvalue weighted by Gasteiger charge is -2.19. The number of hydrogen-bond donors (Lipinski definition) is 1. The van der Waals surface area contributed by atoms with Gasteiger partial charge in [-0.25, -0.2) is 4.79 Å². The average Bonchev–Trinajstić information content (AvgIpc) is 2.56. The third kappa shape index (κ3) is 5.18. The number of benzene rings is 1. The van der Waals surface area contributed by atoms with Crippen LogP contribution >= 0.6 is 0 Å². The minimum atomic E-state index is -1.06. The van der Waals surface area contributed by atoms with Gasteiger partial charge in [0, 0.05) is 13.1 Å². The highest BCUT2D eigenvalue weighted by atomic mass is 16.5. The number of carboxylic acid groups (broad SMARTS) is 1. The Morgan fingerprint density at radius 1 is 1.39 bits per heavy atom. The van der Waals surface area contributed by atoms with Crippen molar-refractivity contribution < 1.29 is 24.2 Å². The monoisotopic (exact) mass is 319 g/mol. The van der Waals surface area contributed by atoms with E-state index in [1.54, 1.807) is 30.4 Å². The predicted octanol–water partition coefficient (Wildman–Crippen LogP) is 2.20. The highest BCUT2D eigenvalue weighted by Gasteiger charge is 2.19. The molecular weight excluding hydrogens is 298 g/mol. The molecule has 1 aromatic carbocycles. The average molecular weight is 319 g/mol. The lowest BCUT2D eigenvalue weighted by molar-refractivity contribution is -0.146. The van der Waals surface area contributed by atoms with Crippen molar-refractivity contribution in [3.63, 3.8) is 0 Å². The fraction of sp³-hybridized carbons (Fsp3) is 0.294. The summed E-state index contributed by atoms with van der Waals surface area (Å²) in [5, 5.41) is 8.90. The molecule has 0 fully saturated rings. The van der Waals surface area contributed by atoms with Crippen LogP contribution in [0.15, 0.2) is 36.9 Å². The topological polar surface area (TPSA) is 76.1 Å². The van der Waals surface area contributed by atoms with Crippen molar-refractivity contribution in [2.45, 2.75) is 13.0 Å². The Labute approximate surface area is 135 Å². The van der Waals surface area contributed by atoms with Gasteiger partial charge in [0.05, 0.1) is 7.11 Å². The van der Waals surface area contributed by atoms with Crippen molar-refractivity contribution in [2.24, 2.45) is 0 Å². The van der Waals surface area contributed by atoms with Crippen molar-refractivity contribution in [2.75, 3.05) is 20.8 Å². The predicted molar refractivity (Wildman–Crippen MR) is 87.6 cm³/mol. The van der Waals surface area contributed by atoms with Gasteiger partial charge < -0.3 is 19.5 Å². The third-order valence-corrected chi connectivity index (χ3v) is 3.25. The molecule has 0 radical (unpaired) electrons. The van der Waals surface area contributed by atoms with Gasteiger partial charge >= 0.3 is 5.97 Å². The summed E-state index contributed by atoms with van der Waals surface area (Å²) in [5.74, 6) is -0.341. The molecule has 0 aliphatic heterocycles. The number of rotatable bonds is 8. The Morgan fingerprint density at radius 2 is 2.09 bits per heavy atom. The number of carboxylic acids is 1. The fourth-order valence-electron chi connectivity index (χ4n) is 1.70. The zero-order valence-electron chi connectivity index (χ0n) is 13.5. The molecule has 0 aliphatic carbocycles. The van der Waals surface area contributed by atoms with E-state index in [9.17, 15) is 9.59 Å². The number of ether oxygens (including phenoxy) is 2. The zero-order valence-corrected chi connectivity index (χ0v) is 13.5. The van der Waals surface area contributed by atoms with Gasteiger partial charge in [-0.2, -0.15) is 0 Å². The Balaban J connectivity index is 2.85. The van der Waals surface area contributed by atoms with Gasteiger partial charge in [0.15, 0.2) is 11.5 Å². The molecule has 0 aliphatic rings. The molecule has 0 aromatic heterocycles. The van der Waals surface area contributed by atoms with Crippen molar-refractivity contribution >= 4 is 18.0 Å². The number of hydrogen-bond acceptors (Lipinski definition) is 4. The Hall–Kier alpha value is -2.76. The number of likely N-dealkylation sites (N-methyl/N-ethyl adjacent to an activating group) is 1. The molecule has 0 unspecified atom stereocenters. The van der Waals surface area contributed by atoms with Crippen LogP contribution in [0.3, 0.4) is 0 Å². The third-order valence-electron chi connectivity index (χ3n) is 3.25. The van der Waals surface area contributed by atoms with E-state index < -0.39 is 17.9 Å². The normalized spacial score (nSPS) is 11.8. The quantitative estimate of drug-likeness (QED) is 0.587. The molecule has 1 amide bonds. The van der Waals surface area contributed by atoms with Crippen LogP contribution in [0.1, 0.15) is 12.5 Å². The van der Waals surface area contributed by atoms with Gasteiger partial charge in [0.1, 0.15) is 12.6 Å². The fourth-order valence-corrected chi connectivity index (χ4v) is 1.70. The summed E-state index contributed by atoms with van der Waals surface area (Å²) in [6.45, 7) is 5.39. The van der Waals surface area contributed by atoms with Crippen molar-refractivity contribution in [3.05, 3.63) is 42.5 Å². The summed E-state index contributed by atoms with van der Waals surface area (Å²) < 4.78 is 10.7. The van der Waals surface area contributed by atoms with Crippen LogP contribution in [0.5, 0.6) is 11.5 Å². The minimum absolute atomic E-state index is 0.363. The van der Waals surface area contributed by atoms with Crippen LogP contribution in [0.25, 0.3) is 6.08 Å². The number of nitrogens with zero attached hydrogens (tertiary/aromatic N) is 1. The second-order valence-electron chi connectivity index (χ2n) is 4.81. The van der Waals surface area contributed by atoms with E-state index in [0.29, 0.717) is 18.1 Å². The molecule has 0 heterocycles. The van der Waals surface area contributed by atoms with E-state index in [1.165, 1.54) is 27.2 Å². The van der Waals surface area contributed by atoms with Crippen LogP contribution in [0, 0.1) is 0 Å². The number of aliphatic carboxylic acids is 1. The second-order valence-corrected chi connectivity index (χ2v) is 4.81. The summed E-state index contributed by atoms with van der Waals surface area (Å²) in [6.07, 6.45) is 4.54. The number of carbonyl (C=O) groups excluding carboxylic acids is 1. The summed E-state index contributed by atoms with van der Waals surface area (Å²) in [6, 6.07) is 4.33. The summed E-state index contributed by atoms with van der Waals surface area (Å²) >= 11 is 0. The minimum Gasteiger partial charge on any atom is -0.493 e. The van der Waals surface area contributed by atoms with Crippen LogP contribution < -0.4 is 9.47 Å². The number of carbonyl (C=O) groups is 2. The standard InChI is InChI=1S/C17H21NO5/c1-5-10-23-14-8-6-13(11-15(14)22-4)7-9-16(19)18(3)12(2)17(20)21/h5-9,11-12H,1,10H2,2-4H3,(H,20,21)/t12-/m0/s1. The maximum Gasteiger partial charge on any atom is 0.326 e. The van der Waals surface area contributed by atoms with Crippen LogP contribution in [0.4, 0.5) is 0 Å². The molecule has 6 heteroatoms. The van der Waals surface area contributed by atoms with E-state index in [4.69, 9.17) is 14.6 Å². The van der Waals surface area contributed by atoms with Crippen molar-refractivity contribution in [1.82, 2.24) is 4.90 Å². The SMILES string of the molecule is C=CCOc1ccc(C=CC(=O)N(C)[C@@H](C)C(=O)O)cc1OC. The van der Waals surface area contributed by atoms with Gasteiger partial charge in [0.2, 0.25) is 5.91 Å². The molecule has 1 N–H and O–H groups in total. The van der Waals surface area contributed by atoms with E-state index in [2.05, 4.69) is 6.58 Å². The van der Waals surface area contributed by atoms with Crippen molar-refractivity contribution in [1.29, 1.82) is 0 Å². The van der Waals surface area contributed by atoms with Gasteiger partial charge in [0.25, 0.3) is 0 Å². The van der Waals surface area contributed by atoms with E-state index >= 15 is 0 Å². The molecule has 0 saturated carbocycles. The van der Waals surface area contributed by atoms with Crippen LogP contribution in [0.2, 0.25) is 0 Å². The first-order valence-electron chi connectivity index (χ1n) is 7.00. The van der Waals surface area contributed by atoms with E-state index in [0.717, 1.165) is 10.5 Å². The Kier molecular flexibility index (Phi) is 6.86. The maximum atomic E-state index is 11.9. The molecule has 0 spiro atoms. The summed E-state index contributed by atoms with van der Waals surface area (Å²) in [5.41, 5.74) is 0.734. The number of methoxy groups -OCH3 is 1. The largest absolute Gasteiger partial charge is 0.493 e. The summed E-state index contributed by atoms with van der Waals surface area (Å²) in [7, 11) is 2.97. The molecule has 1 aromatic rings. The van der Waals surface area contributed by atoms with Gasteiger partial charge in [-0.05, 0) is 30.7 Å². The molecule has 1 rings (SSSR count). The maximum absolute atomic E-state index is 11.9. The molecule has 124 valence electrons. The van der Waals surface area contributed by atoms with Crippen LogP contribution in [-0.2, 0) is 9.59 Å². The van der Waals surface area contributed by atoms with Crippen molar-refractivity contribution in [3.8, 4) is 11.5 Å². The first-order chi connectivity index (χ1) is 10.9. The molecule has 0 saturated heterocycles. The Bertz CT molecular complexity index is 609. The molecule has 23 heavy (non-hydrogen) atoms. The number of amides is 1. The van der Waals surface area contributed by atoms with Crippen LogP contribution in [-0.4, -0.2) is 48.7 Å². The lowest BCUT2D eigenvalue weighted by atomic mass is 10.2. The lowest BCUT2D eigenvalue weighted by Crippen LogP contribution is -2.39. The van der Waals surface area contributed by atoms with E-state index in [-0.39, 0.29) is 0 Å². The molecule has 1 atom stereocenters. The van der Waals surface area contributed by atoms with Gasteiger partial charge in [-0.3, -0.25) is 4.79 Å². The first kappa shape index (κ1) is 18.3.